The van der Waals surface area contributed by atoms with E-state index < -0.39 is 97.5 Å². The Balaban J connectivity index is 5.48. The highest BCUT2D eigenvalue weighted by Gasteiger charge is 2.30. The van der Waals surface area contributed by atoms with Gasteiger partial charge in [0, 0.05) is 25.7 Å². The van der Waals surface area contributed by atoms with E-state index in [4.69, 9.17) is 37.0 Å². The van der Waals surface area contributed by atoms with Crippen molar-refractivity contribution in [2.24, 2.45) is 0 Å². The van der Waals surface area contributed by atoms with Crippen molar-refractivity contribution in [3.8, 4) is 0 Å². The molecule has 19 heteroatoms. The number of allylic oxidation sites excluding steroid dienone is 28. The molecule has 0 aliphatic carbocycles. The molecule has 0 aromatic carbocycles. The number of esters is 4. The summed E-state index contributed by atoms with van der Waals surface area (Å²) in [5, 5.41) is 10.6. The molecule has 3 N–H and O–H groups in total. The number of unbranched alkanes of at least 4 members (excludes halogenated alkanes) is 20. The van der Waals surface area contributed by atoms with E-state index in [0.717, 1.165) is 154 Å². The van der Waals surface area contributed by atoms with Gasteiger partial charge >= 0.3 is 39.5 Å². The second-order valence-corrected chi connectivity index (χ2v) is 29.1. The molecule has 0 saturated heterocycles. The largest absolute Gasteiger partial charge is 0.472 e. The molecule has 5 atom stereocenters. The van der Waals surface area contributed by atoms with Crippen LogP contribution in [0.15, 0.2) is 170 Å². The Labute approximate surface area is 642 Å². The van der Waals surface area contributed by atoms with Crippen LogP contribution in [-0.2, 0) is 65.4 Å². The second-order valence-electron chi connectivity index (χ2n) is 26.2. The smallest absolute Gasteiger partial charge is 0.462 e. The molecule has 0 heterocycles. The maximum absolute atomic E-state index is 13.1. The normalized spacial score (nSPS) is 14.7. The predicted molar refractivity (Wildman–Crippen MR) is 436 cm³/mol. The minimum absolute atomic E-state index is 0.0319. The Morgan fingerprint density at radius 2 is 0.519 bits per heavy atom. The number of hydrogen-bond acceptors (Lipinski definition) is 15. The van der Waals surface area contributed by atoms with Crippen molar-refractivity contribution in [1.29, 1.82) is 0 Å². The van der Waals surface area contributed by atoms with Crippen molar-refractivity contribution in [1.82, 2.24) is 0 Å². The van der Waals surface area contributed by atoms with Crippen LogP contribution >= 0.6 is 15.6 Å². The van der Waals surface area contributed by atoms with E-state index in [0.29, 0.717) is 38.5 Å². The minimum atomic E-state index is -5.00. The number of ether oxygens (including phenoxy) is 4. The number of hydrogen-bond donors (Lipinski definition) is 3. The fourth-order valence-corrected chi connectivity index (χ4v) is 11.8. The predicted octanol–water partition coefficient (Wildman–Crippen LogP) is 23.8. The Morgan fingerprint density at radius 3 is 0.840 bits per heavy atom. The molecule has 0 fully saturated rings. The zero-order chi connectivity index (χ0) is 77.4. The Bertz CT molecular complexity index is 2680. The molecule has 0 saturated carbocycles. The van der Waals surface area contributed by atoms with Gasteiger partial charge in [-0.3, -0.25) is 37.3 Å². The van der Waals surface area contributed by atoms with Crippen LogP contribution in [0.5, 0.6) is 0 Å². The van der Waals surface area contributed by atoms with Gasteiger partial charge in [-0.05, 0) is 135 Å². The number of aliphatic hydroxyl groups excluding tert-OH is 1. The van der Waals surface area contributed by atoms with Crippen molar-refractivity contribution in [2.75, 3.05) is 39.6 Å². The minimum Gasteiger partial charge on any atom is -0.462 e. The highest BCUT2D eigenvalue weighted by molar-refractivity contribution is 7.47. The number of carbonyl (C=O) groups is 4. The number of rotatable bonds is 74. The molecular formula is C87H142O17P2. The number of phosphoric ester groups is 2. The van der Waals surface area contributed by atoms with Gasteiger partial charge in [-0.1, -0.05) is 307 Å². The van der Waals surface area contributed by atoms with Crippen molar-refractivity contribution in [3.63, 3.8) is 0 Å². The SMILES string of the molecule is CC/C=C\C/C=C\C/C=C\C/C=C\C/C=C\C/C=C\CCC(=O)OCC(COP(=O)(O)OCC(O)COP(=O)(O)OCC(COC(=O)CCC/C=C\C/C=C\C/C=C\C/C=C\C/C=C\CC)OC(=O)CCCCCCCCC/C=C\C/C=C\C/C=C\CC)OC(=O)CCCCCCCCCCCCCCC. The molecule has 0 aromatic rings. The van der Waals surface area contributed by atoms with Crippen LogP contribution in [0.2, 0.25) is 0 Å². The topological polar surface area (TPSA) is 237 Å². The zero-order valence-electron chi connectivity index (χ0n) is 65.8. The number of phosphoric acid groups is 2. The average molecular weight is 1520 g/mol. The van der Waals surface area contributed by atoms with Gasteiger partial charge in [0.05, 0.1) is 26.4 Å². The van der Waals surface area contributed by atoms with Crippen LogP contribution < -0.4 is 0 Å². The molecular weight excluding hydrogens is 1380 g/mol. The van der Waals surface area contributed by atoms with Crippen molar-refractivity contribution >= 4 is 39.5 Å². The molecule has 17 nitrogen and oxygen atoms in total. The van der Waals surface area contributed by atoms with Gasteiger partial charge in [0.15, 0.2) is 12.2 Å². The maximum Gasteiger partial charge on any atom is 0.472 e. The molecule has 0 aliphatic rings. The van der Waals surface area contributed by atoms with E-state index in [1.54, 1.807) is 0 Å². The highest BCUT2D eigenvalue weighted by Crippen LogP contribution is 2.45. The molecule has 0 spiro atoms. The molecule has 106 heavy (non-hydrogen) atoms. The van der Waals surface area contributed by atoms with Gasteiger partial charge in [-0.25, -0.2) is 9.13 Å². The van der Waals surface area contributed by atoms with Crippen molar-refractivity contribution in [3.05, 3.63) is 170 Å². The summed E-state index contributed by atoms with van der Waals surface area (Å²) in [6.45, 7) is 4.37. The zero-order valence-corrected chi connectivity index (χ0v) is 67.6. The maximum atomic E-state index is 13.1. The summed E-state index contributed by atoms with van der Waals surface area (Å²) in [5.74, 6) is -2.36. The first-order chi connectivity index (χ1) is 51.7. The van der Waals surface area contributed by atoms with Crippen LogP contribution in [0.4, 0.5) is 0 Å². The van der Waals surface area contributed by atoms with E-state index in [9.17, 15) is 43.2 Å². The van der Waals surface area contributed by atoms with Gasteiger partial charge in [0.2, 0.25) is 0 Å². The molecule has 5 unspecified atom stereocenters. The summed E-state index contributed by atoms with van der Waals surface area (Å²) in [6, 6.07) is 0. The summed E-state index contributed by atoms with van der Waals surface area (Å²) in [5.41, 5.74) is 0. The summed E-state index contributed by atoms with van der Waals surface area (Å²) in [7, 11) is -10.0. The quantitative estimate of drug-likeness (QED) is 0.0169. The first-order valence-corrected chi connectivity index (χ1v) is 43.4. The molecule has 0 aliphatic heterocycles. The lowest BCUT2D eigenvalue weighted by atomic mass is 10.0. The van der Waals surface area contributed by atoms with Crippen LogP contribution in [0.25, 0.3) is 0 Å². The Kier molecular flexibility index (Phi) is 73.5. The third-order valence-corrected chi connectivity index (χ3v) is 18.1. The summed E-state index contributed by atoms with van der Waals surface area (Å²) < 4.78 is 68.5. The van der Waals surface area contributed by atoms with Gasteiger partial charge in [0.1, 0.15) is 19.3 Å². The van der Waals surface area contributed by atoms with E-state index in [-0.39, 0.29) is 25.7 Å². The lowest BCUT2D eigenvalue weighted by Crippen LogP contribution is -2.30. The van der Waals surface area contributed by atoms with Gasteiger partial charge in [0.25, 0.3) is 0 Å². The van der Waals surface area contributed by atoms with E-state index >= 15 is 0 Å². The Morgan fingerprint density at radius 1 is 0.274 bits per heavy atom. The second kappa shape index (κ2) is 77.6. The molecule has 0 amide bonds. The number of carbonyl (C=O) groups excluding carboxylic acids is 4. The van der Waals surface area contributed by atoms with E-state index in [2.05, 4.69) is 167 Å². The van der Waals surface area contributed by atoms with Crippen LogP contribution in [0.1, 0.15) is 297 Å². The monoisotopic (exact) mass is 1520 g/mol. The fourth-order valence-electron chi connectivity index (χ4n) is 10.2. The van der Waals surface area contributed by atoms with Gasteiger partial charge in [-0.2, -0.15) is 0 Å². The fraction of sp³-hybridized carbons (Fsp3) is 0.632. The molecule has 602 valence electrons. The Hall–Kier alpha value is -5.58. The van der Waals surface area contributed by atoms with E-state index in [1.165, 1.54) is 51.4 Å². The van der Waals surface area contributed by atoms with Gasteiger partial charge in [-0.15, -0.1) is 0 Å². The lowest BCUT2D eigenvalue weighted by Gasteiger charge is -2.21. The molecule has 0 radical (unpaired) electrons. The third-order valence-electron chi connectivity index (χ3n) is 16.2. The summed E-state index contributed by atoms with van der Waals surface area (Å²) in [4.78, 5) is 73.0. The lowest BCUT2D eigenvalue weighted by molar-refractivity contribution is -0.161. The molecule has 0 aromatic heterocycles. The average Bonchev–Trinajstić information content (AvgIpc) is 0.900. The molecule has 0 bridgehead atoms. The highest BCUT2D eigenvalue weighted by atomic mass is 31.2. The van der Waals surface area contributed by atoms with Crippen molar-refractivity contribution in [2.45, 2.75) is 316 Å². The summed E-state index contributed by atoms with van der Waals surface area (Å²) >= 11 is 0. The van der Waals surface area contributed by atoms with Crippen LogP contribution in [-0.4, -0.2) is 96.7 Å². The standard InChI is InChI=1S/C87H142O17P2/c1-5-9-13-17-21-25-29-33-36-39-40-43-45-49-52-56-60-64-68-72-85(90)97-77-82(103-86(91)73-69-65-61-57-53-47-32-28-24-20-16-12-8-4)79-101-105(93,94)99-75-81(88)76-100-106(95,96)102-80-83(104-87(92)74-70-66-62-58-54-50-46-42-38-35-31-27-23-19-15-11-7-3)78-98-84(89)71-67-63-59-55-51-48-44-41-37-34-30-26-22-18-14-10-6-2/h9-11,13-15,21-23,25-27,33-38,40,43-44,48-49,52,55,59-60,64,81-83,88H,5-8,12,16-20,24,28-32,39,41-42,45-47,50-51,53-54,56-58,61-63,65-80H2,1-4H3,(H,93,94)(H,95,96)/b13-9-,14-10-,15-11-,25-21-,26-22-,27-23-,36-33-,37-34-,38-35-,43-40-,48-44-,52-49-,59-55-,64-60-. The van der Waals surface area contributed by atoms with E-state index in [1.807, 2.05) is 30.4 Å². The van der Waals surface area contributed by atoms with Crippen LogP contribution in [0.3, 0.4) is 0 Å². The summed E-state index contributed by atoms with van der Waals surface area (Å²) in [6.07, 6.45) is 92.1. The van der Waals surface area contributed by atoms with Crippen LogP contribution in [0, 0.1) is 0 Å². The first kappa shape index (κ1) is 100. The van der Waals surface area contributed by atoms with Crippen molar-refractivity contribution < 1.29 is 80.2 Å². The third kappa shape index (κ3) is 76.6. The first-order valence-electron chi connectivity index (χ1n) is 40.4. The van der Waals surface area contributed by atoms with Gasteiger partial charge < -0.3 is 33.8 Å². The number of aliphatic hydroxyl groups is 1. The molecule has 0 rings (SSSR count).